The molecule has 0 saturated heterocycles. The van der Waals surface area contributed by atoms with Crippen molar-refractivity contribution < 1.29 is 4.42 Å². The molecular weight excluding hydrogens is 837 g/mol. The molecule has 0 amide bonds. The van der Waals surface area contributed by atoms with E-state index in [0.717, 1.165) is 77.9 Å². The Labute approximate surface area is 399 Å². The van der Waals surface area contributed by atoms with Crippen LogP contribution in [0.3, 0.4) is 0 Å². The summed E-state index contributed by atoms with van der Waals surface area (Å²) in [5, 5.41) is 12.1. The second-order valence-corrected chi connectivity index (χ2v) is 18.1. The summed E-state index contributed by atoms with van der Waals surface area (Å²) in [6, 6.07) is 92.5. The van der Waals surface area contributed by atoms with Gasteiger partial charge in [-0.2, -0.15) is 0 Å². The molecule has 3 nitrogen and oxygen atoms in total. The van der Waals surface area contributed by atoms with Crippen molar-refractivity contribution in [3.05, 3.63) is 255 Å². The number of anilines is 3. The lowest BCUT2D eigenvalue weighted by Gasteiger charge is -2.27. The Kier molecular flexibility index (Phi) is 8.90. The van der Waals surface area contributed by atoms with Gasteiger partial charge in [0.15, 0.2) is 0 Å². The molecule has 14 rings (SSSR count). The van der Waals surface area contributed by atoms with E-state index in [-0.39, 0.29) is 0 Å². The van der Waals surface area contributed by atoms with E-state index >= 15 is 0 Å². The largest absolute Gasteiger partial charge is 0.455 e. The normalized spacial score (nSPS) is 11.8. The summed E-state index contributed by atoms with van der Waals surface area (Å²) < 4.78 is 9.04. The molecule has 0 aliphatic carbocycles. The zero-order valence-electron chi connectivity index (χ0n) is 37.6. The van der Waals surface area contributed by atoms with Crippen LogP contribution in [0, 0.1) is 0 Å². The summed E-state index contributed by atoms with van der Waals surface area (Å²) in [5.41, 5.74) is 15.5. The molecule has 0 atom stereocenters. The summed E-state index contributed by atoms with van der Waals surface area (Å²) in [6.45, 7) is 0. The molecule has 0 saturated carbocycles. The van der Waals surface area contributed by atoms with Crippen molar-refractivity contribution in [3.63, 3.8) is 0 Å². The first-order chi connectivity index (χ1) is 34.2. The van der Waals surface area contributed by atoms with Gasteiger partial charge in [-0.15, -0.1) is 0 Å². The van der Waals surface area contributed by atoms with Crippen LogP contribution in [-0.4, -0.2) is 4.57 Å². The minimum Gasteiger partial charge on any atom is -0.455 e. The Bertz CT molecular complexity index is 4270. The summed E-state index contributed by atoms with van der Waals surface area (Å²) in [6.07, 6.45) is 0. The average molecular weight is 879 g/mol. The highest BCUT2D eigenvalue weighted by molar-refractivity contribution is 6.19. The van der Waals surface area contributed by atoms with E-state index < -0.39 is 0 Å². The van der Waals surface area contributed by atoms with Gasteiger partial charge in [-0.1, -0.05) is 176 Å². The first kappa shape index (κ1) is 39.0. The van der Waals surface area contributed by atoms with Gasteiger partial charge < -0.3 is 13.9 Å². The quantitative estimate of drug-likeness (QED) is 0.149. The number of fused-ring (bicyclic) bond motifs is 11. The van der Waals surface area contributed by atoms with Crippen molar-refractivity contribution in [2.24, 2.45) is 0 Å². The maximum absolute atomic E-state index is 6.65. The van der Waals surface area contributed by atoms with Crippen LogP contribution in [0.2, 0.25) is 0 Å². The molecule has 12 aromatic carbocycles. The van der Waals surface area contributed by atoms with Gasteiger partial charge >= 0.3 is 0 Å². The zero-order chi connectivity index (χ0) is 45.4. The van der Waals surface area contributed by atoms with Crippen LogP contribution in [0.1, 0.15) is 0 Å². The van der Waals surface area contributed by atoms with Crippen molar-refractivity contribution in [1.29, 1.82) is 0 Å². The average Bonchev–Trinajstić information content (AvgIpc) is 3.98. The van der Waals surface area contributed by atoms with Crippen LogP contribution in [-0.2, 0) is 0 Å². The lowest BCUT2D eigenvalue weighted by atomic mass is 9.96. The van der Waals surface area contributed by atoms with E-state index in [1.165, 1.54) is 54.3 Å². The molecule has 0 unspecified atom stereocenters. The van der Waals surface area contributed by atoms with E-state index in [9.17, 15) is 0 Å². The lowest BCUT2D eigenvalue weighted by Crippen LogP contribution is -2.10. The van der Waals surface area contributed by atoms with Gasteiger partial charge in [0, 0.05) is 49.7 Å². The SMILES string of the molecule is c1cc(-c2ccc3c(ccc4ccccc43)c2)cc(N(c2ccc(-c3cccc(-n4c5ccccc5c5ccccc54)c3)cc2)c2cccc(-c3cccc4oc5c6ccccc6ccc5c34)c2)c1. The van der Waals surface area contributed by atoms with Crippen LogP contribution in [0.4, 0.5) is 17.1 Å². The van der Waals surface area contributed by atoms with Crippen LogP contribution < -0.4 is 4.90 Å². The zero-order valence-corrected chi connectivity index (χ0v) is 37.6. The Hall–Kier alpha value is -9.18. The van der Waals surface area contributed by atoms with Crippen LogP contribution in [0.15, 0.2) is 259 Å². The molecular formula is C66H42N2O. The van der Waals surface area contributed by atoms with Crippen molar-refractivity contribution >= 4 is 93.1 Å². The maximum atomic E-state index is 6.65. The fourth-order valence-corrected chi connectivity index (χ4v) is 10.9. The third-order valence-electron chi connectivity index (χ3n) is 14.1. The maximum Gasteiger partial charge on any atom is 0.143 e. The molecule has 0 bridgehead atoms. The Morgan fingerprint density at radius 2 is 0.841 bits per heavy atom. The predicted octanol–water partition coefficient (Wildman–Crippen LogP) is 18.6. The number of para-hydroxylation sites is 2. The first-order valence-electron chi connectivity index (χ1n) is 23.6. The molecule has 0 spiro atoms. The Morgan fingerprint density at radius 1 is 0.304 bits per heavy atom. The molecule has 0 aliphatic heterocycles. The first-order valence-corrected chi connectivity index (χ1v) is 23.6. The second kappa shape index (κ2) is 15.7. The molecule has 322 valence electrons. The highest BCUT2D eigenvalue weighted by Gasteiger charge is 2.19. The number of nitrogens with zero attached hydrogens (tertiary/aromatic N) is 2. The van der Waals surface area contributed by atoms with Crippen LogP contribution in [0.25, 0.3) is 115 Å². The van der Waals surface area contributed by atoms with Crippen LogP contribution in [0.5, 0.6) is 0 Å². The van der Waals surface area contributed by atoms with Crippen molar-refractivity contribution in [2.75, 3.05) is 4.90 Å². The van der Waals surface area contributed by atoms with E-state index in [0.29, 0.717) is 0 Å². The summed E-state index contributed by atoms with van der Waals surface area (Å²) >= 11 is 0. The van der Waals surface area contributed by atoms with Crippen molar-refractivity contribution in [3.8, 4) is 39.1 Å². The van der Waals surface area contributed by atoms with E-state index in [1.54, 1.807) is 0 Å². The third kappa shape index (κ3) is 6.43. The highest BCUT2D eigenvalue weighted by atomic mass is 16.3. The van der Waals surface area contributed by atoms with Gasteiger partial charge in [-0.05, 0) is 139 Å². The standard InChI is InChI=1S/C66H42N2O/c1-3-21-55-44(13-1)29-30-50-39-48(34-37-56(50)55)47-16-10-18-52(41-47)67(53-19-11-17-49(42-53)57-25-12-28-64-65(57)61-38-33-45-14-2-4-22-58(45)66(61)69-64)51-35-31-43(32-36-51)46-15-9-20-54(40-46)68-62-26-7-5-23-59(62)60-24-6-8-27-63(60)68/h1-42H. The number of benzene rings is 12. The molecule has 14 aromatic rings. The van der Waals surface area contributed by atoms with E-state index in [1.807, 2.05) is 0 Å². The molecule has 0 N–H and O–H groups in total. The van der Waals surface area contributed by atoms with Crippen molar-refractivity contribution in [1.82, 2.24) is 4.57 Å². The molecule has 0 fully saturated rings. The van der Waals surface area contributed by atoms with Gasteiger partial charge in [0.2, 0.25) is 0 Å². The molecule has 69 heavy (non-hydrogen) atoms. The van der Waals surface area contributed by atoms with Gasteiger partial charge in [0.25, 0.3) is 0 Å². The van der Waals surface area contributed by atoms with E-state index in [4.69, 9.17) is 4.42 Å². The second-order valence-electron chi connectivity index (χ2n) is 18.1. The smallest absolute Gasteiger partial charge is 0.143 e. The Balaban J connectivity index is 0.896. The Morgan fingerprint density at radius 3 is 1.61 bits per heavy atom. The molecule has 2 aromatic heterocycles. The fraction of sp³-hybridized carbons (Fsp3) is 0. The summed E-state index contributed by atoms with van der Waals surface area (Å²) in [5.74, 6) is 0. The number of hydrogen-bond acceptors (Lipinski definition) is 2. The number of rotatable bonds is 7. The molecule has 0 radical (unpaired) electrons. The summed E-state index contributed by atoms with van der Waals surface area (Å²) in [7, 11) is 0. The molecule has 0 aliphatic rings. The lowest BCUT2D eigenvalue weighted by molar-refractivity contribution is 0.673. The number of hydrogen-bond donors (Lipinski definition) is 0. The molecule has 2 heterocycles. The summed E-state index contributed by atoms with van der Waals surface area (Å²) in [4.78, 5) is 2.39. The monoisotopic (exact) mass is 878 g/mol. The van der Waals surface area contributed by atoms with Gasteiger partial charge in [0.05, 0.1) is 11.0 Å². The predicted molar refractivity (Wildman–Crippen MR) is 292 cm³/mol. The van der Waals surface area contributed by atoms with Crippen LogP contribution >= 0.6 is 0 Å². The number of aromatic nitrogens is 1. The van der Waals surface area contributed by atoms with Crippen molar-refractivity contribution in [2.45, 2.75) is 0 Å². The third-order valence-corrected chi connectivity index (χ3v) is 14.1. The fourth-order valence-electron chi connectivity index (χ4n) is 10.9. The molecule has 3 heteroatoms. The van der Waals surface area contributed by atoms with Gasteiger partial charge in [-0.25, -0.2) is 0 Å². The van der Waals surface area contributed by atoms with Gasteiger partial charge in [0.1, 0.15) is 11.2 Å². The topological polar surface area (TPSA) is 21.3 Å². The highest BCUT2D eigenvalue weighted by Crippen LogP contribution is 2.44. The minimum atomic E-state index is 0.884. The van der Waals surface area contributed by atoms with E-state index in [2.05, 4.69) is 264 Å². The number of furan rings is 1. The minimum absolute atomic E-state index is 0.884. The van der Waals surface area contributed by atoms with Gasteiger partial charge in [-0.3, -0.25) is 0 Å².